The molecule has 0 aliphatic heterocycles. The fourth-order valence-corrected chi connectivity index (χ4v) is 11.4. The molecule has 10 atom stereocenters. The van der Waals surface area contributed by atoms with Crippen LogP contribution in [0.25, 0.3) is 0 Å². The summed E-state index contributed by atoms with van der Waals surface area (Å²) in [6, 6.07) is 0. The summed E-state index contributed by atoms with van der Waals surface area (Å²) >= 11 is 0. The van der Waals surface area contributed by atoms with Gasteiger partial charge < -0.3 is 9.47 Å². The van der Waals surface area contributed by atoms with E-state index in [1.54, 1.807) is 19.6 Å². The molecule has 0 unspecified atom stereocenters. The van der Waals surface area contributed by atoms with Gasteiger partial charge in [-0.2, -0.15) is 0 Å². The third kappa shape index (κ3) is 3.45. The van der Waals surface area contributed by atoms with Crippen LogP contribution in [0.2, 0.25) is 0 Å². The highest BCUT2D eigenvalue weighted by Crippen LogP contribution is 2.76. The predicted octanol–water partition coefficient (Wildman–Crippen LogP) is 7.75. The average molecular weight is 513 g/mol. The molecule has 0 aromatic rings. The highest BCUT2D eigenvalue weighted by Gasteiger charge is 2.69. The number of hydrogen-bond acceptors (Lipinski definition) is 4. The van der Waals surface area contributed by atoms with Crippen molar-refractivity contribution in [1.82, 2.24) is 0 Å². The number of esters is 2. The topological polar surface area (TPSA) is 52.6 Å². The van der Waals surface area contributed by atoms with Crippen LogP contribution in [0.15, 0.2) is 11.6 Å². The van der Waals surface area contributed by atoms with E-state index in [2.05, 4.69) is 54.5 Å². The fourth-order valence-electron chi connectivity index (χ4n) is 11.4. The van der Waals surface area contributed by atoms with E-state index < -0.39 is 0 Å². The summed E-state index contributed by atoms with van der Waals surface area (Å²) in [5, 5.41) is 0. The van der Waals surface area contributed by atoms with Crippen LogP contribution >= 0.6 is 0 Å². The SMILES string of the molecule is COC(=O)[C@]12CC[C@@H](C)[C@@H](C)[C@@H]1C1=CC[C@@H]3[C@@]4(C)CC[C@@H](OC(C)=O)C(C)(C)[C@@H]4CC[C@@]3(C)[C@@]1(C)CC2. The molecule has 208 valence electrons. The number of ether oxygens (including phenoxy) is 2. The molecule has 4 heteroatoms. The second-order valence-corrected chi connectivity index (χ2v) is 15.3. The van der Waals surface area contributed by atoms with Gasteiger partial charge in [-0.15, -0.1) is 0 Å². The minimum atomic E-state index is -0.347. The number of carbonyl (C=O) groups excluding carboxylic acids is 2. The normalized spacial score (nSPS) is 50.4. The van der Waals surface area contributed by atoms with Gasteiger partial charge in [0.1, 0.15) is 6.10 Å². The van der Waals surface area contributed by atoms with Crippen LogP contribution in [0, 0.1) is 56.7 Å². The standard InChI is InChI=1S/C33H52O4/c1-20-12-17-33(28(35)36-9)19-18-31(7)23(27(33)21(20)2)10-11-25-30(6)15-14-26(37-22(3)34)29(4,5)24(30)13-16-32(25,31)8/h10,20-21,24-27H,11-19H2,1-9H3/t20-,21-,24+,25-,26-,27-,30+,31+,32-,33+/m1/s1. The number of methoxy groups -OCH3 is 1. The summed E-state index contributed by atoms with van der Waals surface area (Å²) in [7, 11) is 1.59. The Balaban J connectivity index is 1.57. The van der Waals surface area contributed by atoms with E-state index in [-0.39, 0.29) is 45.1 Å². The van der Waals surface area contributed by atoms with Crippen LogP contribution in [-0.4, -0.2) is 25.2 Å². The Kier molecular flexibility index (Phi) is 6.33. The van der Waals surface area contributed by atoms with E-state index in [0.29, 0.717) is 29.6 Å². The maximum atomic E-state index is 13.4. The van der Waals surface area contributed by atoms with Crippen molar-refractivity contribution < 1.29 is 19.1 Å². The lowest BCUT2D eigenvalue weighted by atomic mass is 9.33. The molecular weight excluding hydrogens is 460 g/mol. The second kappa shape index (κ2) is 8.59. The number of rotatable bonds is 2. The lowest BCUT2D eigenvalue weighted by Gasteiger charge is -2.71. The first kappa shape index (κ1) is 27.3. The van der Waals surface area contributed by atoms with Crippen molar-refractivity contribution in [1.29, 1.82) is 0 Å². The van der Waals surface area contributed by atoms with Gasteiger partial charge in [0.15, 0.2) is 0 Å². The summed E-state index contributed by atoms with van der Waals surface area (Å²) in [4.78, 5) is 25.4. The molecule has 0 spiro atoms. The Hall–Kier alpha value is -1.32. The molecule has 37 heavy (non-hydrogen) atoms. The zero-order chi connectivity index (χ0) is 27.2. The molecular formula is C33H52O4. The summed E-state index contributed by atoms with van der Waals surface area (Å²) in [6.45, 7) is 18.8. The zero-order valence-electron chi connectivity index (χ0n) is 25.0. The summed E-state index contributed by atoms with van der Waals surface area (Å²) in [5.41, 5.74) is 1.76. The van der Waals surface area contributed by atoms with Gasteiger partial charge in [0.2, 0.25) is 0 Å². The lowest BCUT2D eigenvalue weighted by Crippen LogP contribution is -2.65. The van der Waals surface area contributed by atoms with Crippen LogP contribution < -0.4 is 0 Å². The summed E-state index contributed by atoms with van der Waals surface area (Å²) in [6.07, 6.45) is 12.4. The van der Waals surface area contributed by atoms with E-state index in [9.17, 15) is 9.59 Å². The average Bonchev–Trinajstić information content (AvgIpc) is 2.83. The Morgan fingerprint density at radius 1 is 0.892 bits per heavy atom. The van der Waals surface area contributed by atoms with Crippen LogP contribution in [0.5, 0.6) is 0 Å². The fraction of sp³-hybridized carbons (Fsp3) is 0.879. The first-order valence-corrected chi connectivity index (χ1v) is 15.2. The summed E-state index contributed by atoms with van der Waals surface area (Å²) < 4.78 is 11.4. The first-order valence-electron chi connectivity index (χ1n) is 15.2. The molecule has 0 heterocycles. The van der Waals surface area contributed by atoms with Crippen molar-refractivity contribution in [2.75, 3.05) is 7.11 Å². The highest BCUT2D eigenvalue weighted by molar-refractivity contribution is 5.78. The number of allylic oxidation sites excluding steroid dienone is 2. The highest BCUT2D eigenvalue weighted by atomic mass is 16.5. The largest absolute Gasteiger partial charge is 0.469 e. The molecule has 5 rings (SSSR count). The number of fused-ring (bicyclic) bond motifs is 7. The van der Waals surface area contributed by atoms with Gasteiger partial charge in [-0.1, -0.05) is 60.1 Å². The van der Waals surface area contributed by atoms with E-state index in [1.807, 2.05) is 0 Å². The maximum absolute atomic E-state index is 13.4. The van der Waals surface area contributed by atoms with Crippen molar-refractivity contribution in [3.05, 3.63) is 11.6 Å². The predicted molar refractivity (Wildman–Crippen MR) is 147 cm³/mol. The molecule has 4 nitrogen and oxygen atoms in total. The number of carbonyl (C=O) groups is 2. The van der Waals surface area contributed by atoms with Gasteiger partial charge >= 0.3 is 11.9 Å². The Morgan fingerprint density at radius 2 is 1.59 bits per heavy atom. The Bertz CT molecular complexity index is 996. The smallest absolute Gasteiger partial charge is 0.312 e. The minimum Gasteiger partial charge on any atom is -0.469 e. The summed E-state index contributed by atoms with van der Waals surface area (Å²) in [5.74, 6) is 2.45. The molecule has 0 aromatic heterocycles. The quantitative estimate of drug-likeness (QED) is 0.280. The molecule has 5 aliphatic carbocycles. The van der Waals surface area contributed by atoms with Gasteiger partial charge in [0, 0.05) is 12.3 Å². The molecule has 4 saturated carbocycles. The van der Waals surface area contributed by atoms with Gasteiger partial charge in [-0.25, -0.2) is 0 Å². The maximum Gasteiger partial charge on any atom is 0.312 e. The molecule has 5 aliphatic rings. The number of hydrogen-bond donors (Lipinski definition) is 0. The van der Waals surface area contributed by atoms with Crippen LogP contribution in [0.1, 0.15) is 113 Å². The lowest BCUT2D eigenvalue weighted by molar-refractivity contribution is -0.214. The van der Waals surface area contributed by atoms with Crippen molar-refractivity contribution in [3.63, 3.8) is 0 Å². The van der Waals surface area contributed by atoms with E-state index in [4.69, 9.17) is 9.47 Å². The van der Waals surface area contributed by atoms with Gasteiger partial charge in [-0.3, -0.25) is 9.59 Å². The first-order chi connectivity index (χ1) is 17.2. The Labute approximate surface area is 225 Å². The molecule has 0 saturated heterocycles. The molecule has 0 N–H and O–H groups in total. The third-order valence-corrected chi connectivity index (χ3v) is 13.8. The monoisotopic (exact) mass is 512 g/mol. The molecule has 0 radical (unpaired) electrons. The van der Waals surface area contributed by atoms with Crippen LogP contribution in [-0.2, 0) is 19.1 Å². The zero-order valence-corrected chi connectivity index (χ0v) is 25.0. The van der Waals surface area contributed by atoms with Gasteiger partial charge in [-0.05, 0) is 104 Å². The van der Waals surface area contributed by atoms with Gasteiger partial charge in [0.25, 0.3) is 0 Å². The van der Waals surface area contributed by atoms with Crippen molar-refractivity contribution in [2.45, 2.75) is 119 Å². The van der Waals surface area contributed by atoms with Crippen molar-refractivity contribution in [2.24, 2.45) is 56.7 Å². The van der Waals surface area contributed by atoms with E-state index >= 15 is 0 Å². The van der Waals surface area contributed by atoms with Gasteiger partial charge in [0.05, 0.1) is 12.5 Å². The molecule has 0 bridgehead atoms. The minimum absolute atomic E-state index is 0.0117. The van der Waals surface area contributed by atoms with E-state index in [0.717, 1.165) is 44.9 Å². The van der Waals surface area contributed by atoms with Crippen molar-refractivity contribution >= 4 is 11.9 Å². The molecule has 4 fully saturated rings. The second-order valence-electron chi connectivity index (χ2n) is 15.3. The molecule has 0 amide bonds. The van der Waals surface area contributed by atoms with Crippen molar-refractivity contribution in [3.8, 4) is 0 Å². The van der Waals surface area contributed by atoms with Crippen LogP contribution in [0.3, 0.4) is 0 Å². The Morgan fingerprint density at radius 3 is 2.24 bits per heavy atom. The van der Waals surface area contributed by atoms with E-state index in [1.165, 1.54) is 12.8 Å². The third-order valence-electron chi connectivity index (χ3n) is 13.8. The molecule has 0 aromatic carbocycles. The van der Waals surface area contributed by atoms with Crippen LogP contribution in [0.4, 0.5) is 0 Å².